The van der Waals surface area contributed by atoms with E-state index in [0.29, 0.717) is 24.3 Å². The van der Waals surface area contributed by atoms with Gasteiger partial charge in [-0.15, -0.1) is 0 Å². The summed E-state index contributed by atoms with van der Waals surface area (Å²) in [5.41, 5.74) is -5.65. The van der Waals surface area contributed by atoms with Gasteiger partial charge < -0.3 is 14.0 Å². The highest BCUT2D eigenvalue weighted by Gasteiger charge is 2.37. The van der Waals surface area contributed by atoms with E-state index in [2.05, 4.69) is 30.3 Å². The molecule has 3 rings (SSSR count). The zero-order chi connectivity index (χ0) is 20.8. The molecule has 0 radical (unpaired) electrons. The van der Waals surface area contributed by atoms with Crippen molar-refractivity contribution < 1.29 is 35.6 Å². The fourth-order valence-corrected chi connectivity index (χ4v) is 5.20. The minimum atomic E-state index is -6.09. The van der Waals surface area contributed by atoms with Crippen LogP contribution in [0.1, 0.15) is 19.8 Å². The second kappa shape index (κ2) is 9.82. The number of alkyl halides is 3. The highest BCUT2D eigenvalue weighted by atomic mass is 32.2. The van der Waals surface area contributed by atoms with Gasteiger partial charge in [-0.25, -0.2) is 8.42 Å². The summed E-state index contributed by atoms with van der Waals surface area (Å²) in [4.78, 5) is 1.52. The third-order valence-electron chi connectivity index (χ3n) is 3.97. The molecule has 0 spiro atoms. The molecule has 28 heavy (non-hydrogen) atoms. The van der Waals surface area contributed by atoms with E-state index in [1.807, 2.05) is 13.0 Å². The average Bonchev–Trinajstić information content (AvgIpc) is 3.15. The van der Waals surface area contributed by atoms with Gasteiger partial charge in [-0.05, 0) is 38.0 Å². The van der Waals surface area contributed by atoms with Crippen LogP contribution in [0.4, 0.5) is 13.2 Å². The molecule has 0 aromatic heterocycles. The van der Waals surface area contributed by atoms with Gasteiger partial charge in [0.05, 0.1) is 0 Å². The van der Waals surface area contributed by atoms with Crippen molar-refractivity contribution in [1.29, 1.82) is 0 Å². The quantitative estimate of drug-likeness (QED) is 0.232. The van der Waals surface area contributed by atoms with Crippen molar-refractivity contribution in [2.75, 3.05) is 24.9 Å². The first kappa shape index (κ1) is 22.8. The molecule has 1 fully saturated rings. The van der Waals surface area contributed by atoms with E-state index in [4.69, 9.17) is 22.4 Å². The lowest BCUT2D eigenvalue weighted by Gasteiger charge is -2.10. The summed E-state index contributed by atoms with van der Waals surface area (Å²) >= 11 is 0. The minimum absolute atomic E-state index is 0.325. The molecule has 0 N–H and O–H groups in total. The number of rotatable bonds is 5. The van der Waals surface area contributed by atoms with Crippen LogP contribution in [0.25, 0.3) is 10.8 Å². The second-order valence-corrected chi connectivity index (χ2v) is 9.48. The molecule has 1 heterocycles. The summed E-state index contributed by atoms with van der Waals surface area (Å²) in [6, 6.07) is 13.0. The Bertz CT molecular complexity index is 878. The molecule has 156 valence electrons. The zero-order valence-electron chi connectivity index (χ0n) is 15.2. The zero-order valence-corrected chi connectivity index (χ0v) is 16.8. The lowest BCUT2D eigenvalue weighted by Crippen LogP contribution is -2.21. The highest BCUT2D eigenvalue weighted by molar-refractivity contribution is 7.97. The van der Waals surface area contributed by atoms with E-state index in [9.17, 15) is 13.2 Å². The Morgan fingerprint density at radius 1 is 1.07 bits per heavy atom. The molecule has 1 saturated heterocycles. The van der Waals surface area contributed by atoms with Gasteiger partial charge in [0.1, 0.15) is 17.3 Å². The van der Waals surface area contributed by atoms with E-state index < -0.39 is 15.6 Å². The molecule has 1 aliphatic heterocycles. The van der Waals surface area contributed by atoms with Crippen LogP contribution in [0.3, 0.4) is 0 Å². The summed E-state index contributed by atoms with van der Waals surface area (Å²) in [6.45, 7) is 2.98. The lowest BCUT2D eigenvalue weighted by atomic mass is 10.1. The van der Waals surface area contributed by atoms with Crippen LogP contribution in [0, 0.1) is 0 Å². The van der Waals surface area contributed by atoms with Crippen molar-refractivity contribution in [3.8, 4) is 5.75 Å². The number of hydrogen-bond donors (Lipinski definition) is 0. The largest absolute Gasteiger partial charge is 0.741 e. The van der Waals surface area contributed by atoms with E-state index in [-0.39, 0.29) is 0 Å². The molecule has 0 saturated carbocycles. The molecule has 2 aromatic carbocycles. The molecule has 0 unspecified atom stereocenters. The van der Waals surface area contributed by atoms with Crippen molar-refractivity contribution in [2.45, 2.75) is 30.2 Å². The minimum Gasteiger partial charge on any atom is -0.741 e. The Morgan fingerprint density at radius 2 is 1.64 bits per heavy atom. The van der Waals surface area contributed by atoms with Crippen LogP contribution in [-0.2, 0) is 25.7 Å². The van der Waals surface area contributed by atoms with Crippen molar-refractivity contribution in [3.05, 3.63) is 36.4 Å². The van der Waals surface area contributed by atoms with Gasteiger partial charge in [-0.1, -0.05) is 18.2 Å². The Morgan fingerprint density at radius 3 is 2.21 bits per heavy atom. The molecule has 10 heteroatoms. The molecule has 0 bridgehead atoms. The fourth-order valence-electron chi connectivity index (χ4n) is 2.69. The number of hydrogen-bond acceptors (Lipinski definition) is 5. The number of benzene rings is 2. The Hall–Kier alpha value is -1.49. The fraction of sp³-hybridized carbons (Fsp3) is 0.444. The van der Waals surface area contributed by atoms with Gasteiger partial charge in [0.15, 0.2) is 21.8 Å². The van der Waals surface area contributed by atoms with Crippen LogP contribution < -0.4 is 4.74 Å². The second-order valence-electron chi connectivity index (χ2n) is 5.87. The third kappa shape index (κ3) is 6.00. The average molecular weight is 438 g/mol. The molecule has 0 atom stereocenters. The third-order valence-corrected chi connectivity index (χ3v) is 7.08. The standard InChI is InChI=1S/C17H21O2S.CHF3O3S/c1-2-18-13-19-16-9-5-8-15-14(16)7-6-10-17(15)20-11-3-4-12-20;2-1(3,4)8(5,6)7/h5-10H,2-4,11-13H2,1H3;(H,5,6,7)/q+1;/p-1. The molecule has 1 aliphatic rings. The molecule has 0 amide bonds. The maximum atomic E-state index is 10.7. The predicted molar refractivity (Wildman–Crippen MR) is 101 cm³/mol. The Balaban J connectivity index is 0.000000300. The number of halogens is 3. The van der Waals surface area contributed by atoms with Crippen LogP contribution in [0.15, 0.2) is 41.3 Å². The molecule has 0 aliphatic carbocycles. The van der Waals surface area contributed by atoms with E-state index in [0.717, 1.165) is 5.75 Å². The normalized spacial score (nSPS) is 15.3. The molecular formula is C18H21F3O5S2. The monoisotopic (exact) mass is 438 g/mol. The maximum Gasteiger partial charge on any atom is 0.485 e. The SMILES string of the molecule is CCOCOc1cccc2c([S+]3CCCC3)cccc12.O=S(=O)([O-])C(F)(F)F. The number of fused-ring (bicyclic) bond motifs is 1. The summed E-state index contributed by atoms with van der Waals surface area (Å²) in [6.07, 6.45) is 2.75. The summed E-state index contributed by atoms with van der Waals surface area (Å²) < 4.78 is 70.0. The molecule has 5 nitrogen and oxygen atoms in total. The van der Waals surface area contributed by atoms with Gasteiger partial charge in [0.25, 0.3) is 0 Å². The first-order valence-corrected chi connectivity index (χ1v) is 11.5. The summed E-state index contributed by atoms with van der Waals surface area (Å²) in [7, 11) is -5.66. The van der Waals surface area contributed by atoms with Crippen LogP contribution >= 0.6 is 0 Å². The molecule has 2 aromatic rings. The highest BCUT2D eigenvalue weighted by Crippen LogP contribution is 2.33. The first-order valence-electron chi connectivity index (χ1n) is 8.57. The van der Waals surface area contributed by atoms with E-state index in [1.54, 1.807) is 0 Å². The molecular weight excluding hydrogens is 417 g/mol. The maximum absolute atomic E-state index is 10.7. The van der Waals surface area contributed by atoms with Crippen molar-refractivity contribution in [1.82, 2.24) is 0 Å². The van der Waals surface area contributed by atoms with Crippen molar-refractivity contribution in [2.24, 2.45) is 0 Å². The van der Waals surface area contributed by atoms with Crippen molar-refractivity contribution >= 4 is 31.8 Å². The van der Waals surface area contributed by atoms with Gasteiger partial charge in [0, 0.05) is 28.3 Å². The van der Waals surface area contributed by atoms with Gasteiger partial charge in [-0.2, -0.15) is 13.2 Å². The van der Waals surface area contributed by atoms with Crippen LogP contribution in [-0.4, -0.2) is 43.4 Å². The smallest absolute Gasteiger partial charge is 0.485 e. The van der Waals surface area contributed by atoms with Gasteiger partial charge in [-0.3, -0.25) is 0 Å². The van der Waals surface area contributed by atoms with Crippen LogP contribution in [0.2, 0.25) is 0 Å². The van der Waals surface area contributed by atoms with Gasteiger partial charge in [0.2, 0.25) is 0 Å². The topological polar surface area (TPSA) is 75.7 Å². The number of ether oxygens (including phenoxy) is 2. The van der Waals surface area contributed by atoms with E-state index in [1.165, 1.54) is 40.0 Å². The predicted octanol–water partition coefficient (Wildman–Crippen LogP) is 4.04. The Labute approximate surface area is 164 Å². The lowest BCUT2D eigenvalue weighted by molar-refractivity contribution is -0.0517. The summed E-state index contributed by atoms with van der Waals surface area (Å²) in [5.74, 6) is 3.63. The van der Waals surface area contributed by atoms with Gasteiger partial charge >= 0.3 is 5.51 Å². The van der Waals surface area contributed by atoms with Crippen molar-refractivity contribution in [3.63, 3.8) is 0 Å². The first-order chi connectivity index (χ1) is 13.1. The summed E-state index contributed by atoms with van der Waals surface area (Å²) in [5, 5.41) is 2.57. The van der Waals surface area contributed by atoms with E-state index >= 15 is 0 Å². The van der Waals surface area contributed by atoms with Crippen LogP contribution in [0.5, 0.6) is 5.75 Å². The Kier molecular flexibility index (Phi) is 7.99.